The lowest BCUT2D eigenvalue weighted by Gasteiger charge is -2.39. The molecule has 0 aromatic heterocycles. The van der Waals surface area contributed by atoms with Crippen molar-refractivity contribution in [2.24, 2.45) is 0 Å². The van der Waals surface area contributed by atoms with Crippen LogP contribution in [0.2, 0.25) is 0 Å². The molecule has 1 N–H and O–H groups in total. The van der Waals surface area contributed by atoms with Crippen LogP contribution in [0.15, 0.2) is 48.5 Å². The van der Waals surface area contributed by atoms with Crippen molar-refractivity contribution in [1.82, 2.24) is 4.90 Å². The smallest absolute Gasteiger partial charge is 0.0924 e. The summed E-state index contributed by atoms with van der Waals surface area (Å²) >= 11 is 6.13. The van der Waals surface area contributed by atoms with E-state index in [1.807, 2.05) is 18.2 Å². The monoisotopic (exact) mass is 329 g/mol. The second-order valence-electron chi connectivity index (χ2n) is 6.53. The fourth-order valence-corrected chi connectivity index (χ4v) is 3.86. The van der Waals surface area contributed by atoms with Gasteiger partial charge >= 0.3 is 0 Å². The molecule has 2 aromatic carbocycles. The molecular weight excluding hydrogens is 306 g/mol. The van der Waals surface area contributed by atoms with Crippen molar-refractivity contribution in [3.05, 3.63) is 70.8 Å². The summed E-state index contributed by atoms with van der Waals surface area (Å²) in [5, 5.41) is 11.2. The molecular formula is C20H24ClNO. The average Bonchev–Trinajstić information content (AvgIpc) is 2.58. The number of hydrogen-bond acceptors (Lipinski definition) is 2. The van der Waals surface area contributed by atoms with E-state index in [1.54, 1.807) is 0 Å². The molecule has 1 saturated heterocycles. The van der Waals surface area contributed by atoms with Crippen LogP contribution < -0.4 is 0 Å². The number of hydrogen-bond donors (Lipinski definition) is 1. The van der Waals surface area contributed by atoms with Crippen molar-refractivity contribution in [2.45, 2.75) is 37.8 Å². The topological polar surface area (TPSA) is 23.5 Å². The first-order valence-corrected chi connectivity index (χ1v) is 8.79. The summed E-state index contributed by atoms with van der Waals surface area (Å²) in [7, 11) is 0. The Hall–Kier alpha value is -1.35. The van der Waals surface area contributed by atoms with Crippen molar-refractivity contribution in [2.75, 3.05) is 13.1 Å². The lowest BCUT2D eigenvalue weighted by atomic mass is 9.81. The summed E-state index contributed by atoms with van der Waals surface area (Å²) in [5.41, 5.74) is 3.86. The number of alkyl halides is 1. The zero-order valence-electron chi connectivity index (χ0n) is 13.6. The molecule has 0 aliphatic carbocycles. The maximum absolute atomic E-state index is 11.2. The van der Waals surface area contributed by atoms with Crippen LogP contribution in [0.25, 0.3) is 0 Å². The van der Waals surface area contributed by atoms with Gasteiger partial charge in [-0.25, -0.2) is 0 Å². The second kappa shape index (κ2) is 7.04. The number of nitrogens with zero attached hydrogens (tertiary/aromatic N) is 1. The fourth-order valence-electron chi connectivity index (χ4n) is 3.51. The predicted octanol–water partition coefficient (Wildman–Crippen LogP) is 4.22. The minimum Gasteiger partial charge on any atom is -0.385 e. The quantitative estimate of drug-likeness (QED) is 0.849. The molecule has 0 saturated carbocycles. The molecule has 1 fully saturated rings. The zero-order valence-corrected chi connectivity index (χ0v) is 14.4. The Morgan fingerprint density at radius 3 is 2.39 bits per heavy atom. The molecule has 3 rings (SSSR count). The third-order valence-corrected chi connectivity index (χ3v) is 5.24. The average molecular weight is 330 g/mol. The largest absolute Gasteiger partial charge is 0.385 e. The predicted molar refractivity (Wildman–Crippen MR) is 95.6 cm³/mol. The van der Waals surface area contributed by atoms with Crippen LogP contribution in [-0.4, -0.2) is 23.1 Å². The van der Waals surface area contributed by atoms with E-state index in [0.717, 1.165) is 49.2 Å². The first kappa shape index (κ1) is 16.5. The highest BCUT2D eigenvalue weighted by molar-refractivity contribution is 6.17. The molecule has 2 nitrogen and oxygen atoms in total. The summed E-state index contributed by atoms with van der Waals surface area (Å²) in [6.45, 7) is 4.82. The summed E-state index contributed by atoms with van der Waals surface area (Å²) in [4.78, 5) is 2.42. The first-order chi connectivity index (χ1) is 11.1. The van der Waals surface area contributed by atoms with Gasteiger partial charge in [0.15, 0.2) is 0 Å². The molecule has 0 amide bonds. The Morgan fingerprint density at radius 1 is 1.04 bits per heavy atom. The molecule has 2 aromatic rings. The van der Waals surface area contributed by atoms with Crippen molar-refractivity contribution in [3.63, 3.8) is 0 Å². The summed E-state index contributed by atoms with van der Waals surface area (Å²) in [6, 6.07) is 16.6. The van der Waals surface area contributed by atoms with Crippen LogP contribution >= 0.6 is 11.6 Å². The van der Waals surface area contributed by atoms with Crippen LogP contribution in [0, 0.1) is 6.92 Å². The van der Waals surface area contributed by atoms with Gasteiger partial charge < -0.3 is 5.11 Å². The van der Waals surface area contributed by atoms with Crippen LogP contribution in [0.4, 0.5) is 0 Å². The Bertz CT molecular complexity index is 648. The molecule has 3 heteroatoms. The molecule has 0 atom stereocenters. The Labute approximate surface area is 143 Å². The van der Waals surface area contributed by atoms with Crippen molar-refractivity contribution < 1.29 is 5.11 Å². The normalized spacial score (nSPS) is 18.0. The molecule has 122 valence electrons. The van der Waals surface area contributed by atoms with Gasteiger partial charge in [-0.2, -0.15) is 0 Å². The van der Waals surface area contributed by atoms with Crippen LogP contribution in [-0.2, 0) is 18.0 Å². The molecule has 23 heavy (non-hydrogen) atoms. The van der Waals surface area contributed by atoms with E-state index < -0.39 is 5.60 Å². The fraction of sp³-hybridized carbons (Fsp3) is 0.400. The number of rotatable bonds is 4. The first-order valence-electron chi connectivity index (χ1n) is 8.26. The third kappa shape index (κ3) is 3.60. The third-order valence-electron chi connectivity index (χ3n) is 4.98. The van der Waals surface area contributed by atoms with Gasteiger partial charge in [-0.05, 0) is 42.0 Å². The minimum atomic E-state index is -0.747. The standard InChI is InChI=1S/C20H24ClNO/c1-16-6-5-9-19(18(16)14-21)20(23)10-12-22(13-11-20)15-17-7-3-2-4-8-17/h2-9,23H,10-15H2,1H3. The van der Waals surface area contributed by atoms with Crippen molar-refractivity contribution >= 4 is 11.6 Å². The van der Waals surface area contributed by atoms with Gasteiger partial charge in [0.2, 0.25) is 0 Å². The summed E-state index contributed by atoms with van der Waals surface area (Å²) in [5.74, 6) is 0.456. The van der Waals surface area contributed by atoms with Crippen molar-refractivity contribution in [1.29, 1.82) is 0 Å². The van der Waals surface area contributed by atoms with E-state index in [-0.39, 0.29) is 0 Å². The van der Waals surface area contributed by atoms with E-state index in [2.05, 4.69) is 42.2 Å². The van der Waals surface area contributed by atoms with Gasteiger partial charge in [-0.15, -0.1) is 11.6 Å². The van der Waals surface area contributed by atoms with Crippen LogP contribution in [0.3, 0.4) is 0 Å². The maximum atomic E-state index is 11.2. The lowest BCUT2D eigenvalue weighted by molar-refractivity contribution is -0.0282. The van der Waals surface area contributed by atoms with Gasteiger partial charge in [-0.3, -0.25) is 4.90 Å². The van der Waals surface area contributed by atoms with Gasteiger partial charge in [-0.1, -0.05) is 48.5 Å². The van der Waals surface area contributed by atoms with Gasteiger partial charge in [0.1, 0.15) is 0 Å². The number of piperidine rings is 1. The van der Waals surface area contributed by atoms with Gasteiger partial charge in [0, 0.05) is 25.5 Å². The second-order valence-corrected chi connectivity index (χ2v) is 6.80. The molecule has 1 heterocycles. The number of aliphatic hydroxyl groups is 1. The summed E-state index contributed by atoms with van der Waals surface area (Å²) in [6.07, 6.45) is 1.51. The Morgan fingerprint density at radius 2 is 1.74 bits per heavy atom. The highest BCUT2D eigenvalue weighted by Crippen LogP contribution is 2.36. The van der Waals surface area contributed by atoms with Crippen LogP contribution in [0.5, 0.6) is 0 Å². The maximum Gasteiger partial charge on any atom is 0.0924 e. The Balaban J connectivity index is 1.71. The van der Waals surface area contributed by atoms with E-state index in [9.17, 15) is 5.11 Å². The number of aryl methyl sites for hydroxylation is 1. The number of halogens is 1. The molecule has 0 spiro atoms. The van der Waals surface area contributed by atoms with E-state index in [0.29, 0.717) is 5.88 Å². The molecule has 0 bridgehead atoms. The minimum absolute atomic E-state index is 0.456. The van der Waals surface area contributed by atoms with E-state index in [1.165, 1.54) is 5.56 Å². The highest BCUT2D eigenvalue weighted by atomic mass is 35.5. The van der Waals surface area contributed by atoms with Gasteiger partial charge in [0.05, 0.1) is 5.60 Å². The van der Waals surface area contributed by atoms with Crippen LogP contribution in [0.1, 0.15) is 35.1 Å². The molecule has 1 aliphatic rings. The lowest BCUT2D eigenvalue weighted by Crippen LogP contribution is -2.42. The highest BCUT2D eigenvalue weighted by Gasteiger charge is 2.35. The van der Waals surface area contributed by atoms with Gasteiger partial charge in [0.25, 0.3) is 0 Å². The zero-order chi connectivity index (χ0) is 16.3. The van der Waals surface area contributed by atoms with E-state index >= 15 is 0 Å². The number of likely N-dealkylation sites (tertiary alicyclic amines) is 1. The SMILES string of the molecule is Cc1cccc(C2(O)CCN(Cc3ccccc3)CC2)c1CCl. The number of benzene rings is 2. The molecule has 0 radical (unpaired) electrons. The van der Waals surface area contributed by atoms with E-state index in [4.69, 9.17) is 11.6 Å². The Kier molecular flexibility index (Phi) is 5.05. The van der Waals surface area contributed by atoms with Crippen molar-refractivity contribution in [3.8, 4) is 0 Å². The summed E-state index contributed by atoms with van der Waals surface area (Å²) < 4.78 is 0. The molecule has 1 aliphatic heterocycles. The molecule has 0 unspecified atom stereocenters.